The molecular weight excluding hydrogens is 378 g/mol. The summed E-state index contributed by atoms with van der Waals surface area (Å²) in [5, 5.41) is 5.04. The maximum absolute atomic E-state index is 13.1. The molecule has 0 saturated heterocycles. The van der Waals surface area contributed by atoms with Crippen molar-refractivity contribution in [2.75, 3.05) is 7.11 Å². The Morgan fingerprint density at radius 1 is 1.07 bits per heavy atom. The summed E-state index contributed by atoms with van der Waals surface area (Å²) in [4.78, 5) is 17.4. The summed E-state index contributed by atoms with van der Waals surface area (Å²) in [6.07, 6.45) is 1.99. The highest BCUT2D eigenvalue weighted by molar-refractivity contribution is 7.10. The van der Waals surface area contributed by atoms with E-state index in [1.165, 1.54) is 9.75 Å². The van der Waals surface area contributed by atoms with E-state index in [-0.39, 0.29) is 5.91 Å². The third-order valence-corrected chi connectivity index (χ3v) is 6.13. The van der Waals surface area contributed by atoms with Crippen LogP contribution in [0.25, 0.3) is 11.0 Å². The third kappa shape index (κ3) is 4.07. The van der Waals surface area contributed by atoms with Crippen LogP contribution in [-0.4, -0.2) is 17.9 Å². The van der Waals surface area contributed by atoms with Crippen LogP contribution in [0.2, 0.25) is 0 Å². The van der Waals surface area contributed by atoms with Crippen LogP contribution in [0.3, 0.4) is 0 Å². The van der Waals surface area contributed by atoms with E-state index < -0.39 is 0 Å². The van der Waals surface area contributed by atoms with Crippen molar-refractivity contribution in [2.24, 2.45) is 0 Å². The minimum Gasteiger partial charge on any atom is -0.497 e. The second kappa shape index (κ2) is 7.98. The highest BCUT2D eigenvalue weighted by Gasteiger charge is 2.19. The number of amides is 1. The SMILES string of the molecule is COc1ccc2c(CC(=O)N(Cc3cccs3)Cc3cccs3)coc2c1. The molecule has 6 heteroatoms. The van der Waals surface area contributed by atoms with Crippen molar-refractivity contribution < 1.29 is 13.9 Å². The lowest BCUT2D eigenvalue weighted by molar-refractivity contribution is -0.131. The fraction of sp³-hybridized carbons (Fsp3) is 0.190. The van der Waals surface area contributed by atoms with Gasteiger partial charge in [-0.15, -0.1) is 22.7 Å². The minimum atomic E-state index is 0.0929. The number of carbonyl (C=O) groups is 1. The molecule has 4 rings (SSSR count). The monoisotopic (exact) mass is 397 g/mol. The zero-order chi connectivity index (χ0) is 18.6. The van der Waals surface area contributed by atoms with E-state index in [0.29, 0.717) is 19.5 Å². The predicted molar refractivity (Wildman–Crippen MR) is 109 cm³/mol. The van der Waals surface area contributed by atoms with Crippen molar-refractivity contribution in [1.82, 2.24) is 4.90 Å². The average molecular weight is 398 g/mol. The van der Waals surface area contributed by atoms with Gasteiger partial charge in [0.15, 0.2) is 0 Å². The lowest BCUT2D eigenvalue weighted by atomic mass is 10.1. The summed E-state index contributed by atoms with van der Waals surface area (Å²) >= 11 is 3.35. The van der Waals surface area contributed by atoms with Gasteiger partial charge in [-0.2, -0.15) is 0 Å². The topological polar surface area (TPSA) is 42.7 Å². The molecule has 3 heterocycles. The molecule has 1 aromatic carbocycles. The molecule has 0 N–H and O–H groups in total. The van der Waals surface area contributed by atoms with Gasteiger partial charge in [0, 0.05) is 26.8 Å². The average Bonchev–Trinajstić information content (AvgIpc) is 3.43. The van der Waals surface area contributed by atoms with Gasteiger partial charge in [0.1, 0.15) is 11.3 Å². The van der Waals surface area contributed by atoms with Gasteiger partial charge in [-0.3, -0.25) is 4.79 Å². The highest BCUT2D eigenvalue weighted by Crippen LogP contribution is 2.27. The van der Waals surface area contributed by atoms with Crippen LogP contribution >= 0.6 is 22.7 Å². The van der Waals surface area contributed by atoms with Crippen molar-refractivity contribution in [1.29, 1.82) is 0 Å². The van der Waals surface area contributed by atoms with Crippen LogP contribution in [0.1, 0.15) is 15.3 Å². The number of methoxy groups -OCH3 is 1. The molecular formula is C21H19NO3S2. The van der Waals surface area contributed by atoms with E-state index in [1.54, 1.807) is 36.0 Å². The predicted octanol–water partition coefficient (Wildman–Crippen LogP) is 5.34. The first-order valence-electron chi connectivity index (χ1n) is 8.59. The van der Waals surface area contributed by atoms with Crippen molar-refractivity contribution in [3.8, 4) is 5.75 Å². The standard InChI is InChI=1S/C21H19NO3S2/c1-24-16-6-7-19-15(14-25-20(19)11-16)10-21(23)22(12-17-4-2-8-26-17)13-18-5-3-9-27-18/h2-9,11,14H,10,12-13H2,1H3. The zero-order valence-electron chi connectivity index (χ0n) is 14.9. The molecule has 0 bridgehead atoms. The van der Waals surface area contributed by atoms with Crippen LogP contribution in [0, 0.1) is 0 Å². The Bertz CT molecular complexity index is 983. The maximum atomic E-state index is 13.1. The Morgan fingerprint density at radius 3 is 2.37 bits per heavy atom. The summed E-state index contributed by atoms with van der Waals surface area (Å²) in [5.74, 6) is 0.835. The molecule has 0 spiro atoms. The number of thiophene rings is 2. The molecule has 4 aromatic rings. The lowest BCUT2D eigenvalue weighted by Crippen LogP contribution is -2.30. The van der Waals surface area contributed by atoms with E-state index in [4.69, 9.17) is 9.15 Å². The molecule has 0 aliphatic heterocycles. The van der Waals surface area contributed by atoms with Gasteiger partial charge in [-0.25, -0.2) is 0 Å². The fourth-order valence-corrected chi connectivity index (χ4v) is 4.45. The van der Waals surface area contributed by atoms with Crippen LogP contribution in [0.15, 0.2) is 63.9 Å². The van der Waals surface area contributed by atoms with Gasteiger partial charge < -0.3 is 14.1 Å². The quantitative estimate of drug-likeness (QED) is 0.423. The van der Waals surface area contributed by atoms with Crippen LogP contribution in [0.5, 0.6) is 5.75 Å². The minimum absolute atomic E-state index is 0.0929. The molecule has 0 saturated carbocycles. The largest absolute Gasteiger partial charge is 0.497 e. The fourth-order valence-electron chi connectivity index (χ4n) is 3.02. The number of hydrogen-bond donors (Lipinski definition) is 0. The molecule has 0 unspecified atom stereocenters. The molecule has 0 atom stereocenters. The number of benzene rings is 1. The third-order valence-electron chi connectivity index (χ3n) is 4.41. The Hall–Kier alpha value is -2.57. The van der Waals surface area contributed by atoms with Crippen molar-refractivity contribution in [2.45, 2.75) is 19.5 Å². The van der Waals surface area contributed by atoms with Crippen LogP contribution < -0.4 is 4.74 Å². The van der Waals surface area contributed by atoms with E-state index in [9.17, 15) is 4.79 Å². The Labute approximate surface area is 165 Å². The number of ether oxygens (including phenoxy) is 1. The molecule has 3 aromatic heterocycles. The first kappa shape index (κ1) is 17.8. The number of nitrogens with zero attached hydrogens (tertiary/aromatic N) is 1. The summed E-state index contributed by atoms with van der Waals surface area (Å²) in [6.45, 7) is 1.25. The van der Waals surface area contributed by atoms with Gasteiger partial charge in [0.05, 0.1) is 32.9 Å². The molecule has 0 aliphatic rings. The molecule has 4 nitrogen and oxygen atoms in total. The Balaban J connectivity index is 1.55. The number of fused-ring (bicyclic) bond motifs is 1. The van der Waals surface area contributed by atoms with Crippen molar-refractivity contribution in [3.05, 3.63) is 74.8 Å². The summed E-state index contributed by atoms with van der Waals surface area (Å²) in [6, 6.07) is 13.9. The first-order valence-corrected chi connectivity index (χ1v) is 10.4. The molecule has 0 fully saturated rings. The van der Waals surface area contributed by atoms with Gasteiger partial charge in [0.2, 0.25) is 5.91 Å². The highest BCUT2D eigenvalue weighted by atomic mass is 32.1. The van der Waals surface area contributed by atoms with Crippen LogP contribution in [-0.2, 0) is 24.3 Å². The number of hydrogen-bond acceptors (Lipinski definition) is 5. The second-order valence-corrected chi connectivity index (χ2v) is 8.27. The smallest absolute Gasteiger partial charge is 0.227 e. The number of rotatable bonds is 7. The zero-order valence-corrected chi connectivity index (χ0v) is 16.5. The lowest BCUT2D eigenvalue weighted by Gasteiger charge is -2.21. The van der Waals surface area contributed by atoms with Crippen molar-refractivity contribution >= 4 is 39.5 Å². The molecule has 0 radical (unpaired) electrons. The van der Waals surface area contributed by atoms with Crippen molar-refractivity contribution in [3.63, 3.8) is 0 Å². The molecule has 1 amide bonds. The molecule has 27 heavy (non-hydrogen) atoms. The first-order chi connectivity index (χ1) is 13.2. The summed E-state index contributed by atoms with van der Waals surface area (Å²) in [7, 11) is 1.63. The molecule has 138 valence electrons. The molecule has 0 aliphatic carbocycles. The van der Waals surface area contributed by atoms with E-state index in [0.717, 1.165) is 22.3 Å². The summed E-state index contributed by atoms with van der Waals surface area (Å²) in [5.41, 5.74) is 1.64. The second-order valence-electron chi connectivity index (χ2n) is 6.21. The maximum Gasteiger partial charge on any atom is 0.227 e. The van der Waals surface area contributed by atoms with Gasteiger partial charge >= 0.3 is 0 Å². The normalized spacial score (nSPS) is 11.0. The van der Waals surface area contributed by atoms with E-state index in [2.05, 4.69) is 12.1 Å². The Kier molecular flexibility index (Phi) is 5.27. The Morgan fingerprint density at radius 2 is 1.78 bits per heavy atom. The van der Waals surface area contributed by atoms with Crippen LogP contribution in [0.4, 0.5) is 0 Å². The van der Waals surface area contributed by atoms with Gasteiger partial charge in [-0.1, -0.05) is 12.1 Å². The van der Waals surface area contributed by atoms with E-state index >= 15 is 0 Å². The number of furan rings is 1. The number of carbonyl (C=O) groups excluding carboxylic acids is 1. The van der Waals surface area contributed by atoms with Gasteiger partial charge in [0.25, 0.3) is 0 Å². The summed E-state index contributed by atoms with van der Waals surface area (Å²) < 4.78 is 10.9. The van der Waals surface area contributed by atoms with E-state index in [1.807, 2.05) is 46.0 Å². The van der Waals surface area contributed by atoms with Gasteiger partial charge in [-0.05, 0) is 35.0 Å².